The monoisotopic (exact) mass is 429 g/mol. The third-order valence-corrected chi connectivity index (χ3v) is 6.14. The zero-order valence-electron chi connectivity index (χ0n) is 19.1. The van der Waals surface area contributed by atoms with Gasteiger partial charge in [0.25, 0.3) is 0 Å². The van der Waals surface area contributed by atoms with Gasteiger partial charge < -0.3 is 25.2 Å². The fourth-order valence-corrected chi connectivity index (χ4v) is 3.70. The van der Waals surface area contributed by atoms with Gasteiger partial charge in [0.15, 0.2) is 0 Å². The maximum absolute atomic E-state index is 12.5. The Bertz CT molecular complexity index is 851. The van der Waals surface area contributed by atoms with Gasteiger partial charge in [-0.2, -0.15) is 0 Å². The summed E-state index contributed by atoms with van der Waals surface area (Å²) in [5, 5.41) is 9.82. The molecule has 1 aliphatic carbocycles. The van der Waals surface area contributed by atoms with Crippen LogP contribution in [0.1, 0.15) is 51.2 Å². The van der Waals surface area contributed by atoms with Crippen molar-refractivity contribution in [3.05, 3.63) is 29.5 Å². The van der Waals surface area contributed by atoms with Gasteiger partial charge in [-0.15, -0.1) is 0 Å². The number of aliphatic imine (C=N–C) groups is 1. The van der Waals surface area contributed by atoms with E-state index in [1.807, 2.05) is 37.1 Å². The molecule has 3 N–H and O–H groups in total. The fraction of sp³-hybridized carbons (Fsp3) is 0.583. The molecule has 1 aromatic carbocycles. The Labute approximate surface area is 184 Å². The molecule has 1 saturated heterocycles. The quantitative estimate of drug-likeness (QED) is 0.557. The number of hydrogen-bond acceptors (Lipinski definition) is 6. The molecule has 31 heavy (non-hydrogen) atoms. The maximum atomic E-state index is 12.5. The molecule has 2 fully saturated rings. The van der Waals surface area contributed by atoms with Crippen LogP contribution in [0.2, 0.25) is 0 Å². The van der Waals surface area contributed by atoms with Crippen LogP contribution in [0.5, 0.6) is 5.75 Å². The van der Waals surface area contributed by atoms with Gasteiger partial charge in [-0.25, -0.2) is 0 Å². The number of carbonyl (C=O) groups excluding carboxylic acids is 1. The van der Waals surface area contributed by atoms with Crippen LogP contribution in [-0.2, 0) is 9.53 Å². The Morgan fingerprint density at radius 2 is 2.16 bits per heavy atom. The van der Waals surface area contributed by atoms with Gasteiger partial charge in [-0.1, -0.05) is 6.92 Å². The minimum absolute atomic E-state index is 0.00374. The van der Waals surface area contributed by atoms with E-state index in [-0.39, 0.29) is 18.6 Å². The lowest BCUT2D eigenvalue weighted by atomic mass is 9.88. The standard InChI is InChI=1S/C24H35N3O4/c1-5-16(2)27(18(4)29)22-9-8-21(19(10-25)11-26-20-6-7-20)23(17(22)3)31-15-24(12-28)13-30-14-24/h8-11,16,20,28H,5-7,12-15,25H2,1-4H3/t16-/m0/s1. The van der Waals surface area contributed by atoms with Crippen molar-refractivity contribution >= 4 is 23.4 Å². The van der Waals surface area contributed by atoms with Crippen LogP contribution in [0, 0.1) is 12.3 Å². The van der Waals surface area contributed by atoms with Crippen LogP contribution in [0.15, 0.2) is 23.3 Å². The lowest BCUT2D eigenvalue weighted by Crippen LogP contribution is -2.50. The second kappa shape index (κ2) is 9.83. The summed E-state index contributed by atoms with van der Waals surface area (Å²) in [5.74, 6) is 0.644. The number of benzene rings is 1. The van der Waals surface area contributed by atoms with E-state index in [4.69, 9.17) is 15.2 Å². The van der Waals surface area contributed by atoms with Gasteiger partial charge in [0.2, 0.25) is 5.91 Å². The molecule has 1 aliphatic heterocycles. The van der Waals surface area contributed by atoms with E-state index in [1.54, 1.807) is 13.1 Å². The van der Waals surface area contributed by atoms with Crippen LogP contribution < -0.4 is 15.4 Å². The van der Waals surface area contributed by atoms with Gasteiger partial charge >= 0.3 is 0 Å². The first-order chi connectivity index (χ1) is 14.9. The smallest absolute Gasteiger partial charge is 0.224 e. The van der Waals surface area contributed by atoms with Crippen molar-refractivity contribution in [2.45, 2.75) is 59.0 Å². The number of hydrogen-bond donors (Lipinski definition) is 2. The van der Waals surface area contributed by atoms with E-state index in [9.17, 15) is 9.90 Å². The van der Waals surface area contributed by atoms with Crippen molar-refractivity contribution in [3.8, 4) is 5.75 Å². The highest BCUT2D eigenvalue weighted by Crippen LogP contribution is 2.38. The van der Waals surface area contributed by atoms with Crippen molar-refractivity contribution in [3.63, 3.8) is 0 Å². The number of allylic oxidation sites excluding steroid dienone is 1. The Morgan fingerprint density at radius 1 is 1.45 bits per heavy atom. The molecule has 1 atom stereocenters. The SMILES string of the molecule is CC[C@H](C)N(C(C)=O)c1ccc(C(C=NC2CC2)=CN)c(OCC2(CO)COC2)c1C. The van der Waals surface area contributed by atoms with Gasteiger partial charge in [0.1, 0.15) is 12.4 Å². The zero-order valence-corrected chi connectivity index (χ0v) is 19.1. The molecule has 0 spiro atoms. The van der Waals surface area contributed by atoms with E-state index in [0.29, 0.717) is 31.6 Å². The number of amides is 1. The second-order valence-corrected chi connectivity index (χ2v) is 8.80. The van der Waals surface area contributed by atoms with Gasteiger partial charge in [-0.05, 0) is 45.2 Å². The predicted octanol–water partition coefficient (Wildman–Crippen LogP) is 3.07. The third-order valence-electron chi connectivity index (χ3n) is 6.14. The Hall–Kier alpha value is -2.38. The maximum Gasteiger partial charge on any atom is 0.224 e. The van der Waals surface area contributed by atoms with E-state index in [1.165, 1.54) is 0 Å². The van der Waals surface area contributed by atoms with Crippen LogP contribution in [-0.4, -0.2) is 55.7 Å². The average Bonchev–Trinajstić information content (AvgIpc) is 3.55. The number of ether oxygens (including phenoxy) is 2. The number of anilines is 1. The molecule has 0 aromatic heterocycles. The molecule has 2 aliphatic rings. The van der Waals surface area contributed by atoms with E-state index in [0.717, 1.165) is 41.6 Å². The second-order valence-electron chi connectivity index (χ2n) is 8.80. The molecule has 1 aromatic rings. The van der Waals surface area contributed by atoms with Crippen molar-refractivity contribution in [2.24, 2.45) is 16.1 Å². The summed E-state index contributed by atoms with van der Waals surface area (Å²) in [6.07, 6.45) is 6.40. The molecule has 1 saturated carbocycles. The van der Waals surface area contributed by atoms with Crippen LogP contribution in [0.25, 0.3) is 5.57 Å². The molecule has 1 heterocycles. The summed E-state index contributed by atoms with van der Waals surface area (Å²) in [6, 6.07) is 4.33. The highest BCUT2D eigenvalue weighted by molar-refractivity contribution is 6.11. The molecule has 170 valence electrons. The number of nitrogens with zero attached hydrogens (tertiary/aromatic N) is 2. The Morgan fingerprint density at radius 3 is 2.65 bits per heavy atom. The first-order valence-corrected chi connectivity index (χ1v) is 11.1. The number of carbonyl (C=O) groups is 1. The summed E-state index contributed by atoms with van der Waals surface area (Å²) >= 11 is 0. The number of aliphatic hydroxyl groups excluding tert-OH is 1. The predicted molar refractivity (Wildman–Crippen MR) is 124 cm³/mol. The largest absolute Gasteiger partial charge is 0.492 e. The van der Waals surface area contributed by atoms with E-state index in [2.05, 4.69) is 11.9 Å². The lowest BCUT2D eigenvalue weighted by Gasteiger charge is -2.39. The van der Waals surface area contributed by atoms with Gasteiger partial charge in [0.05, 0.1) is 37.0 Å². The number of nitrogens with two attached hydrogens (primary N) is 1. The molecular weight excluding hydrogens is 394 g/mol. The summed E-state index contributed by atoms with van der Waals surface area (Å²) in [6.45, 7) is 8.89. The van der Waals surface area contributed by atoms with Crippen LogP contribution in [0.4, 0.5) is 5.69 Å². The zero-order chi connectivity index (χ0) is 22.6. The normalized spacial score (nSPS) is 19.2. The van der Waals surface area contributed by atoms with E-state index < -0.39 is 5.41 Å². The van der Waals surface area contributed by atoms with Crippen molar-refractivity contribution in [2.75, 3.05) is 31.3 Å². The number of rotatable bonds is 10. The molecule has 0 unspecified atom stereocenters. The van der Waals surface area contributed by atoms with Gasteiger partial charge in [0, 0.05) is 42.1 Å². The fourth-order valence-electron chi connectivity index (χ4n) is 3.70. The highest BCUT2D eigenvalue weighted by Gasteiger charge is 2.39. The van der Waals surface area contributed by atoms with Crippen LogP contribution in [0.3, 0.4) is 0 Å². The Balaban J connectivity index is 2.02. The van der Waals surface area contributed by atoms with Crippen LogP contribution >= 0.6 is 0 Å². The van der Waals surface area contributed by atoms with Gasteiger partial charge in [-0.3, -0.25) is 9.79 Å². The molecule has 7 heteroatoms. The summed E-state index contributed by atoms with van der Waals surface area (Å²) in [4.78, 5) is 18.9. The molecule has 1 amide bonds. The lowest BCUT2D eigenvalue weighted by molar-refractivity contribution is -0.153. The molecule has 0 bridgehead atoms. The molecule has 3 rings (SSSR count). The summed E-state index contributed by atoms with van der Waals surface area (Å²) in [5.41, 5.74) is 8.84. The van der Waals surface area contributed by atoms with Crippen molar-refractivity contribution in [1.29, 1.82) is 0 Å². The van der Waals surface area contributed by atoms with E-state index >= 15 is 0 Å². The Kier molecular flexibility index (Phi) is 7.38. The minimum atomic E-state index is -0.397. The molecule has 7 nitrogen and oxygen atoms in total. The minimum Gasteiger partial charge on any atom is -0.492 e. The number of aliphatic hydroxyl groups is 1. The third kappa shape index (κ3) is 5.10. The molecule has 0 radical (unpaired) electrons. The first-order valence-electron chi connectivity index (χ1n) is 11.1. The average molecular weight is 430 g/mol. The van der Waals surface area contributed by atoms with Crippen molar-refractivity contribution in [1.82, 2.24) is 0 Å². The topological polar surface area (TPSA) is 97.4 Å². The highest BCUT2D eigenvalue weighted by atomic mass is 16.5. The first kappa shape index (κ1) is 23.3. The summed E-state index contributed by atoms with van der Waals surface area (Å²) < 4.78 is 11.6. The molecular formula is C24H35N3O4. The van der Waals surface area contributed by atoms with Crippen molar-refractivity contribution < 1.29 is 19.4 Å². The summed E-state index contributed by atoms with van der Waals surface area (Å²) in [7, 11) is 0.